The highest BCUT2D eigenvalue weighted by molar-refractivity contribution is 8.13. The Labute approximate surface area is 123 Å². The normalized spacial score (nSPS) is 11.2. The number of rotatable bonds is 3. The van der Waals surface area contributed by atoms with Crippen molar-refractivity contribution in [1.29, 1.82) is 0 Å². The van der Waals surface area contributed by atoms with Crippen LogP contribution < -0.4 is 5.32 Å². The molecule has 9 heteroatoms. The minimum atomic E-state index is -4.28. The second-order valence-electron chi connectivity index (χ2n) is 3.87. The number of hydrogen-bond acceptors (Lipinski definition) is 4. The number of carbonyl (C=O) groups excluding carboxylic acids is 1. The molecule has 110 valence electrons. The second-order valence-corrected chi connectivity index (χ2v) is 6.43. The minimum absolute atomic E-state index is 0.0506. The highest BCUT2D eigenvalue weighted by Crippen LogP contribution is 2.25. The molecule has 2 aromatic rings. The van der Waals surface area contributed by atoms with E-state index >= 15 is 0 Å². The van der Waals surface area contributed by atoms with Gasteiger partial charge in [-0.1, -0.05) is 6.07 Å². The Hall–Kier alpha value is -2.06. The molecular formula is C12H7ClF2N2O3S. The lowest BCUT2D eigenvalue weighted by Gasteiger charge is -2.08. The van der Waals surface area contributed by atoms with Crippen LogP contribution >= 0.6 is 10.7 Å². The standard InChI is InChI=1S/C12H7ClF2N2O3S/c13-21(19,20)7-5-8(14)11(9(15)6-7)17-12(18)10-3-1-2-4-16-10/h1-6H,(H,17,18). The Balaban J connectivity index is 2.36. The number of amides is 1. The average Bonchev–Trinajstić information content (AvgIpc) is 2.42. The molecule has 2 rings (SSSR count). The maximum Gasteiger partial charge on any atom is 0.274 e. The SMILES string of the molecule is O=C(Nc1c(F)cc(S(=O)(=O)Cl)cc1F)c1ccccn1. The molecule has 0 bridgehead atoms. The molecule has 0 saturated carbocycles. The van der Waals surface area contributed by atoms with Crippen LogP contribution in [0.15, 0.2) is 41.4 Å². The zero-order valence-corrected chi connectivity index (χ0v) is 11.8. The van der Waals surface area contributed by atoms with Crippen molar-refractivity contribution in [2.24, 2.45) is 0 Å². The summed E-state index contributed by atoms with van der Waals surface area (Å²) in [5, 5.41) is 1.98. The van der Waals surface area contributed by atoms with Gasteiger partial charge in [0.15, 0.2) is 11.6 Å². The number of pyridine rings is 1. The van der Waals surface area contributed by atoms with Gasteiger partial charge < -0.3 is 5.32 Å². The van der Waals surface area contributed by atoms with E-state index in [1.807, 2.05) is 5.32 Å². The van der Waals surface area contributed by atoms with Gasteiger partial charge in [0, 0.05) is 16.9 Å². The average molecular weight is 333 g/mol. The second kappa shape index (κ2) is 5.74. The summed E-state index contributed by atoms with van der Waals surface area (Å²) in [6, 6.07) is 5.47. The van der Waals surface area contributed by atoms with Crippen molar-refractivity contribution < 1.29 is 22.0 Å². The minimum Gasteiger partial charge on any atom is -0.316 e. The summed E-state index contributed by atoms with van der Waals surface area (Å²) in [4.78, 5) is 14.7. The number of nitrogens with one attached hydrogen (secondary N) is 1. The molecule has 0 aliphatic carbocycles. The van der Waals surface area contributed by atoms with Crippen molar-refractivity contribution in [3.8, 4) is 0 Å². The lowest BCUT2D eigenvalue weighted by molar-refractivity contribution is 0.102. The number of benzene rings is 1. The van der Waals surface area contributed by atoms with E-state index in [1.165, 1.54) is 18.3 Å². The molecule has 0 radical (unpaired) electrons. The van der Waals surface area contributed by atoms with Crippen LogP contribution in [0.5, 0.6) is 0 Å². The molecular weight excluding hydrogens is 326 g/mol. The first-order chi connectivity index (χ1) is 9.79. The quantitative estimate of drug-likeness (QED) is 0.876. The van der Waals surface area contributed by atoms with Gasteiger partial charge >= 0.3 is 0 Å². The zero-order chi connectivity index (χ0) is 15.6. The molecule has 1 N–H and O–H groups in total. The van der Waals surface area contributed by atoms with E-state index in [1.54, 1.807) is 6.07 Å². The summed E-state index contributed by atoms with van der Waals surface area (Å²) in [5.74, 6) is -3.37. The maximum absolute atomic E-state index is 13.7. The van der Waals surface area contributed by atoms with Gasteiger partial charge in [-0.2, -0.15) is 0 Å². The third-order valence-corrected chi connectivity index (χ3v) is 3.77. The fourth-order valence-electron chi connectivity index (χ4n) is 1.48. The topological polar surface area (TPSA) is 76.1 Å². The molecule has 5 nitrogen and oxygen atoms in total. The summed E-state index contributed by atoms with van der Waals surface area (Å²) >= 11 is 0. The van der Waals surface area contributed by atoms with Gasteiger partial charge in [0.2, 0.25) is 0 Å². The molecule has 0 fully saturated rings. The summed E-state index contributed by atoms with van der Waals surface area (Å²) in [5.41, 5.74) is -0.833. The van der Waals surface area contributed by atoms with Crippen molar-refractivity contribution in [3.63, 3.8) is 0 Å². The molecule has 1 aromatic carbocycles. The number of hydrogen-bond donors (Lipinski definition) is 1. The smallest absolute Gasteiger partial charge is 0.274 e. The number of carbonyl (C=O) groups is 1. The Morgan fingerprint density at radius 1 is 1.19 bits per heavy atom. The van der Waals surface area contributed by atoms with E-state index in [0.29, 0.717) is 12.1 Å². The molecule has 0 aliphatic heterocycles. The summed E-state index contributed by atoms with van der Waals surface area (Å²) < 4.78 is 49.5. The third-order valence-electron chi connectivity index (χ3n) is 2.43. The predicted octanol–water partition coefficient (Wildman–Crippen LogP) is 2.54. The Morgan fingerprint density at radius 2 is 1.81 bits per heavy atom. The van der Waals surface area contributed by atoms with Gasteiger partial charge in [-0.25, -0.2) is 17.2 Å². The maximum atomic E-state index is 13.7. The first kappa shape index (κ1) is 15.3. The fraction of sp³-hybridized carbons (Fsp3) is 0. The van der Waals surface area contributed by atoms with Gasteiger partial charge in [0.25, 0.3) is 15.0 Å². The van der Waals surface area contributed by atoms with Crippen LogP contribution in [0, 0.1) is 11.6 Å². The highest BCUT2D eigenvalue weighted by atomic mass is 35.7. The van der Waals surface area contributed by atoms with Crippen LogP contribution in [0.25, 0.3) is 0 Å². The number of nitrogens with zero attached hydrogens (tertiary/aromatic N) is 1. The van der Waals surface area contributed by atoms with E-state index in [9.17, 15) is 22.0 Å². The summed E-state index contributed by atoms with van der Waals surface area (Å²) in [6.07, 6.45) is 1.34. The van der Waals surface area contributed by atoms with Crippen LogP contribution in [0.2, 0.25) is 0 Å². The summed E-state index contributed by atoms with van der Waals surface area (Å²) in [7, 11) is 0.720. The number of aromatic nitrogens is 1. The number of anilines is 1. The largest absolute Gasteiger partial charge is 0.316 e. The first-order valence-corrected chi connectivity index (χ1v) is 7.76. The Morgan fingerprint density at radius 3 is 2.29 bits per heavy atom. The van der Waals surface area contributed by atoms with E-state index in [0.717, 1.165) is 0 Å². The van der Waals surface area contributed by atoms with Crippen molar-refractivity contribution in [1.82, 2.24) is 4.98 Å². The summed E-state index contributed by atoms with van der Waals surface area (Å²) in [6.45, 7) is 0. The molecule has 0 atom stereocenters. The van der Waals surface area contributed by atoms with Gasteiger partial charge in [-0.05, 0) is 24.3 Å². The monoisotopic (exact) mass is 332 g/mol. The van der Waals surface area contributed by atoms with Gasteiger partial charge in [-0.15, -0.1) is 0 Å². The lowest BCUT2D eigenvalue weighted by Crippen LogP contribution is -2.16. The molecule has 0 unspecified atom stereocenters. The van der Waals surface area contributed by atoms with Crippen molar-refractivity contribution in [2.45, 2.75) is 4.90 Å². The molecule has 0 spiro atoms. The lowest BCUT2D eigenvalue weighted by atomic mass is 10.2. The fourth-order valence-corrected chi connectivity index (χ4v) is 2.24. The number of halogens is 3. The molecule has 1 heterocycles. The zero-order valence-electron chi connectivity index (χ0n) is 10.2. The van der Waals surface area contributed by atoms with Crippen LogP contribution in [0.1, 0.15) is 10.5 Å². The third kappa shape index (κ3) is 3.53. The van der Waals surface area contributed by atoms with Gasteiger partial charge in [0.1, 0.15) is 11.4 Å². The predicted molar refractivity (Wildman–Crippen MR) is 71.6 cm³/mol. The highest BCUT2D eigenvalue weighted by Gasteiger charge is 2.20. The molecule has 0 saturated heterocycles. The Bertz CT molecular complexity index is 774. The van der Waals surface area contributed by atoms with Crippen LogP contribution in [0.4, 0.5) is 14.5 Å². The van der Waals surface area contributed by atoms with Gasteiger partial charge in [0.05, 0.1) is 4.90 Å². The van der Waals surface area contributed by atoms with E-state index in [-0.39, 0.29) is 5.69 Å². The molecule has 0 aliphatic rings. The Kier molecular flexibility index (Phi) is 4.19. The molecule has 1 amide bonds. The van der Waals surface area contributed by atoms with Crippen LogP contribution in [0.3, 0.4) is 0 Å². The van der Waals surface area contributed by atoms with E-state index in [2.05, 4.69) is 4.98 Å². The van der Waals surface area contributed by atoms with Crippen molar-refractivity contribution in [2.75, 3.05) is 5.32 Å². The first-order valence-electron chi connectivity index (χ1n) is 5.45. The van der Waals surface area contributed by atoms with Crippen LogP contribution in [-0.2, 0) is 9.05 Å². The molecule has 21 heavy (non-hydrogen) atoms. The van der Waals surface area contributed by atoms with Crippen molar-refractivity contribution >= 4 is 31.3 Å². The van der Waals surface area contributed by atoms with E-state index < -0.39 is 37.2 Å². The van der Waals surface area contributed by atoms with Crippen molar-refractivity contribution in [3.05, 3.63) is 53.9 Å². The van der Waals surface area contributed by atoms with E-state index in [4.69, 9.17) is 10.7 Å². The van der Waals surface area contributed by atoms with Gasteiger partial charge in [-0.3, -0.25) is 9.78 Å². The van der Waals surface area contributed by atoms with Crippen LogP contribution in [-0.4, -0.2) is 19.3 Å². The molecule has 1 aromatic heterocycles.